The number of rotatable bonds is 9. The molecule has 0 heterocycles. The van der Waals surface area contributed by atoms with Gasteiger partial charge in [0.25, 0.3) is 0 Å². The van der Waals surface area contributed by atoms with Crippen LogP contribution in [-0.4, -0.2) is 52.3 Å². The number of esters is 2. The molecule has 94 valence electrons. The zero-order valence-electron chi connectivity index (χ0n) is 9.88. The number of ether oxygens (including phenoxy) is 2. The molecule has 0 aromatic rings. The Morgan fingerprint density at radius 3 is 1.50 bits per heavy atom. The Balaban J connectivity index is 3.10. The third-order valence-corrected chi connectivity index (χ3v) is 1.95. The van der Waals surface area contributed by atoms with Crippen LogP contribution >= 0.6 is 0 Å². The fraction of sp³-hybridized carbons (Fsp3) is 0.800. The predicted molar refractivity (Wildman–Crippen MR) is 59.0 cm³/mol. The molecule has 0 aliphatic rings. The van der Waals surface area contributed by atoms with Gasteiger partial charge >= 0.3 is 11.9 Å². The van der Waals surface area contributed by atoms with E-state index in [0.717, 1.165) is 13.1 Å². The van der Waals surface area contributed by atoms with Crippen LogP contribution in [-0.2, 0) is 19.1 Å². The summed E-state index contributed by atoms with van der Waals surface area (Å²) in [5.41, 5.74) is 0. The molecule has 0 aliphatic carbocycles. The van der Waals surface area contributed by atoms with Gasteiger partial charge in [0.1, 0.15) is 0 Å². The van der Waals surface area contributed by atoms with Crippen LogP contribution in [0.2, 0.25) is 0 Å². The molecule has 0 atom stereocenters. The third kappa shape index (κ3) is 9.42. The Labute approximate surface area is 95.7 Å². The number of hydrogen-bond acceptors (Lipinski definition) is 6. The fourth-order valence-electron chi connectivity index (χ4n) is 1.01. The summed E-state index contributed by atoms with van der Waals surface area (Å²) in [6.07, 6.45) is 0.747. The minimum atomic E-state index is -0.217. The number of hydrogen-bond donors (Lipinski definition) is 2. The van der Waals surface area contributed by atoms with Crippen molar-refractivity contribution in [2.75, 3.05) is 40.4 Å². The van der Waals surface area contributed by atoms with Crippen molar-refractivity contribution in [2.24, 2.45) is 0 Å². The van der Waals surface area contributed by atoms with E-state index >= 15 is 0 Å². The smallest absolute Gasteiger partial charge is 0.306 e. The van der Waals surface area contributed by atoms with Crippen LogP contribution in [0.15, 0.2) is 0 Å². The van der Waals surface area contributed by atoms with Gasteiger partial charge in [0.05, 0.1) is 27.1 Å². The molecule has 0 aliphatic heterocycles. The lowest BCUT2D eigenvalue weighted by atomic mass is 10.4. The van der Waals surface area contributed by atoms with Gasteiger partial charge in [0, 0.05) is 26.2 Å². The Morgan fingerprint density at radius 2 is 1.19 bits per heavy atom. The first-order valence-electron chi connectivity index (χ1n) is 5.25. The van der Waals surface area contributed by atoms with Crippen LogP contribution in [0.3, 0.4) is 0 Å². The van der Waals surface area contributed by atoms with Gasteiger partial charge in [-0.15, -0.1) is 0 Å². The van der Waals surface area contributed by atoms with Crippen LogP contribution in [0.4, 0.5) is 0 Å². The summed E-state index contributed by atoms with van der Waals surface area (Å²) < 4.78 is 8.98. The summed E-state index contributed by atoms with van der Waals surface area (Å²) in [5.74, 6) is -0.433. The largest absolute Gasteiger partial charge is 0.469 e. The summed E-state index contributed by atoms with van der Waals surface area (Å²) in [7, 11) is 2.74. The van der Waals surface area contributed by atoms with Crippen molar-refractivity contribution in [1.29, 1.82) is 0 Å². The van der Waals surface area contributed by atoms with Crippen molar-refractivity contribution < 1.29 is 19.1 Å². The molecule has 0 aromatic carbocycles. The first kappa shape index (κ1) is 14.9. The van der Waals surface area contributed by atoms with E-state index in [4.69, 9.17) is 0 Å². The van der Waals surface area contributed by atoms with Crippen LogP contribution in [0, 0.1) is 0 Å². The van der Waals surface area contributed by atoms with E-state index in [1.54, 1.807) is 0 Å². The Hall–Kier alpha value is -1.14. The minimum absolute atomic E-state index is 0.217. The minimum Gasteiger partial charge on any atom is -0.469 e. The standard InChI is InChI=1S/C10H20N2O4/c1-15-9(13)3-5-11-7-8-12-6-4-10(14)16-2/h11-12H,3-8H2,1-2H3. The number of carbonyl (C=O) groups excluding carboxylic acids is 2. The molecule has 0 spiro atoms. The molecule has 0 saturated carbocycles. The topological polar surface area (TPSA) is 76.7 Å². The lowest BCUT2D eigenvalue weighted by Gasteiger charge is -2.05. The zero-order chi connectivity index (χ0) is 12.2. The Morgan fingerprint density at radius 1 is 0.812 bits per heavy atom. The van der Waals surface area contributed by atoms with Gasteiger partial charge < -0.3 is 20.1 Å². The molecule has 0 bridgehead atoms. The molecule has 0 fully saturated rings. The first-order valence-corrected chi connectivity index (χ1v) is 5.25. The number of methoxy groups -OCH3 is 2. The first-order chi connectivity index (χ1) is 7.70. The maximum atomic E-state index is 10.7. The van der Waals surface area contributed by atoms with Crippen LogP contribution < -0.4 is 10.6 Å². The van der Waals surface area contributed by atoms with Gasteiger partial charge in [-0.3, -0.25) is 9.59 Å². The summed E-state index contributed by atoms with van der Waals surface area (Å²) >= 11 is 0. The molecule has 0 radical (unpaired) electrons. The molecular weight excluding hydrogens is 212 g/mol. The van der Waals surface area contributed by atoms with Crippen LogP contribution in [0.25, 0.3) is 0 Å². The van der Waals surface area contributed by atoms with Crippen LogP contribution in [0.1, 0.15) is 12.8 Å². The summed E-state index contributed by atoms with van der Waals surface area (Å²) in [6, 6.07) is 0. The van der Waals surface area contributed by atoms with E-state index in [9.17, 15) is 9.59 Å². The summed E-state index contributed by atoms with van der Waals surface area (Å²) in [6.45, 7) is 2.70. The predicted octanol–water partition coefficient (Wildman–Crippen LogP) is -0.708. The Bertz CT molecular complexity index is 187. The number of carbonyl (C=O) groups is 2. The number of nitrogens with one attached hydrogen (secondary N) is 2. The van der Waals surface area contributed by atoms with Gasteiger partial charge in [-0.25, -0.2) is 0 Å². The van der Waals surface area contributed by atoms with Gasteiger partial charge in [-0.2, -0.15) is 0 Å². The molecule has 6 heteroatoms. The average molecular weight is 232 g/mol. The Kier molecular flexibility index (Phi) is 9.64. The molecule has 6 nitrogen and oxygen atoms in total. The normalized spacial score (nSPS) is 9.88. The lowest BCUT2D eigenvalue weighted by molar-refractivity contribution is -0.141. The maximum absolute atomic E-state index is 10.7. The average Bonchev–Trinajstić information content (AvgIpc) is 2.31. The third-order valence-electron chi connectivity index (χ3n) is 1.95. The monoisotopic (exact) mass is 232 g/mol. The van der Waals surface area contributed by atoms with Gasteiger partial charge in [0.15, 0.2) is 0 Å². The van der Waals surface area contributed by atoms with E-state index in [1.165, 1.54) is 14.2 Å². The SMILES string of the molecule is COC(=O)CCNCCNCCC(=O)OC. The summed E-state index contributed by atoms with van der Waals surface area (Å²) in [4.78, 5) is 21.5. The van der Waals surface area contributed by atoms with Crippen LogP contribution in [0.5, 0.6) is 0 Å². The van der Waals surface area contributed by atoms with Crippen molar-refractivity contribution >= 4 is 11.9 Å². The highest BCUT2D eigenvalue weighted by molar-refractivity contribution is 5.69. The molecule has 0 unspecified atom stereocenters. The van der Waals surface area contributed by atoms with Gasteiger partial charge in [-0.05, 0) is 0 Å². The molecule has 0 amide bonds. The van der Waals surface area contributed by atoms with Crippen molar-refractivity contribution in [2.45, 2.75) is 12.8 Å². The molecule has 0 aromatic heterocycles. The quantitative estimate of drug-likeness (QED) is 0.404. The zero-order valence-corrected chi connectivity index (χ0v) is 9.88. The molecule has 2 N–H and O–H groups in total. The van der Waals surface area contributed by atoms with Gasteiger partial charge in [-0.1, -0.05) is 0 Å². The second kappa shape index (κ2) is 10.4. The van der Waals surface area contributed by atoms with Crippen molar-refractivity contribution in [3.8, 4) is 0 Å². The second-order valence-corrected chi connectivity index (χ2v) is 3.15. The molecular formula is C10H20N2O4. The van der Waals surface area contributed by atoms with Crippen molar-refractivity contribution in [3.05, 3.63) is 0 Å². The maximum Gasteiger partial charge on any atom is 0.306 e. The van der Waals surface area contributed by atoms with E-state index < -0.39 is 0 Å². The highest BCUT2D eigenvalue weighted by Gasteiger charge is 1.99. The molecule has 0 saturated heterocycles. The van der Waals surface area contributed by atoms with E-state index in [-0.39, 0.29) is 11.9 Å². The highest BCUT2D eigenvalue weighted by Crippen LogP contribution is 1.81. The second-order valence-electron chi connectivity index (χ2n) is 3.15. The van der Waals surface area contributed by atoms with E-state index in [2.05, 4.69) is 20.1 Å². The van der Waals surface area contributed by atoms with Crippen molar-refractivity contribution in [1.82, 2.24) is 10.6 Å². The van der Waals surface area contributed by atoms with Crippen molar-refractivity contribution in [3.63, 3.8) is 0 Å². The fourth-order valence-corrected chi connectivity index (χ4v) is 1.01. The molecule has 16 heavy (non-hydrogen) atoms. The summed E-state index contributed by atoms with van der Waals surface area (Å²) in [5, 5.41) is 6.15. The lowest BCUT2D eigenvalue weighted by Crippen LogP contribution is -2.30. The molecule has 0 rings (SSSR count). The van der Waals surface area contributed by atoms with E-state index in [0.29, 0.717) is 25.9 Å². The van der Waals surface area contributed by atoms with E-state index in [1.807, 2.05) is 0 Å². The van der Waals surface area contributed by atoms with Gasteiger partial charge in [0.2, 0.25) is 0 Å². The highest BCUT2D eigenvalue weighted by atomic mass is 16.5.